The van der Waals surface area contributed by atoms with E-state index >= 15 is 0 Å². The van der Waals surface area contributed by atoms with Gasteiger partial charge in [0.1, 0.15) is 23.6 Å². The Kier molecular flexibility index (Phi) is 8.51. The van der Waals surface area contributed by atoms with Crippen molar-refractivity contribution >= 4 is 17.6 Å². The van der Waals surface area contributed by atoms with Crippen molar-refractivity contribution in [2.24, 2.45) is 17.8 Å². The molecule has 11 heteroatoms. The van der Waals surface area contributed by atoms with E-state index in [4.69, 9.17) is 18.9 Å². The van der Waals surface area contributed by atoms with E-state index in [1.807, 2.05) is 19.9 Å². The average Bonchev–Trinajstić information content (AvgIpc) is 3.71. The second-order valence-corrected chi connectivity index (χ2v) is 12.7. The summed E-state index contributed by atoms with van der Waals surface area (Å²) in [5.74, 6) is -3.93. The molecule has 4 saturated heterocycles. The van der Waals surface area contributed by atoms with Crippen LogP contribution in [-0.2, 0) is 33.3 Å². The Hall–Kier alpha value is -2.83. The number of allylic oxidation sites excluding steroid dienone is 3. The first-order valence-electron chi connectivity index (χ1n) is 15.1. The first-order valence-corrected chi connectivity index (χ1v) is 15.1. The Morgan fingerprint density at radius 1 is 1.19 bits per heavy atom. The van der Waals surface area contributed by atoms with E-state index in [1.54, 1.807) is 19.9 Å². The van der Waals surface area contributed by atoms with Crippen LogP contribution in [0.4, 0.5) is 0 Å². The highest BCUT2D eigenvalue weighted by molar-refractivity contribution is 6.27. The number of ketones is 1. The molecular weight excluding hydrogens is 556 g/mol. The van der Waals surface area contributed by atoms with Crippen molar-refractivity contribution in [1.29, 1.82) is 0 Å². The fraction of sp³-hybridized carbons (Fsp3) is 0.656. The maximum Gasteiger partial charge on any atom is 0.264 e. The minimum Gasteiger partial charge on any atom is -0.507 e. The molecule has 0 aromatic rings. The standard InChI is InChI=1S/C32H44N2O9/c1-16(14-17(2)28-18(3)23-12-13-32(15-40-32)31(6,42-23)43-28)8-9-22(36)25-27(37)26(19(4)29(38)33-7)34(30(25)39)24-11-10-21(35)20(5)41-24/h8-9,12-14,17-21,23-24,26,28,35-36H,10-11,15H2,1-7H3,(H,33,38)/b9-8-,16-14-,25-22+/t17-,18+,19+,20-,21-,23-,24-,26-,28+,31-,32+/m0/s1. The predicted octanol–water partition coefficient (Wildman–Crippen LogP) is 2.46. The van der Waals surface area contributed by atoms with Crippen LogP contribution in [-0.4, -0.2) is 94.4 Å². The van der Waals surface area contributed by atoms with Crippen LogP contribution >= 0.6 is 0 Å². The van der Waals surface area contributed by atoms with Gasteiger partial charge < -0.3 is 39.4 Å². The van der Waals surface area contributed by atoms with Gasteiger partial charge in [-0.25, -0.2) is 0 Å². The molecule has 11 atom stereocenters. The number of Topliss-reactive ketones (excluding diaryl/α,β-unsaturated/α-hetero) is 1. The van der Waals surface area contributed by atoms with E-state index in [0.29, 0.717) is 19.4 Å². The number of fused-ring (bicyclic) bond motifs is 3. The fourth-order valence-corrected chi connectivity index (χ4v) is 6.82. The highest BCUT2D eigenvalue weighted by atomic mass is 16.8. The average molecular weight is 601 g/mol. The van der Waals surface area contributed by atoms with E-state index in [1.165, 1.54) is 18.0 Å². The van der Waals surface area contributed by atoms with Gasteiger partial charge in [-0.3, -0.25) is 14.4 Å². The summed E-state index contributed by atoms with van der Waals surface area (Å²) in [5, 5.41) is 23.7. The topological polar surface area (TPSA) is 147 Å². The first-order chi connectivity index (χ1) is 20.2. The lowest BCUT2D eigenvalue weighted by atomic mass is 9.82. The lowest BCUT2D eigenvalue weighted by Crippen LogP contribution is -2.61. The molecule has 0 aromatic heterocycles. The van der Waals surface area contributed by atoms with Crippen LogP contribution < -0.4 is 5.32 Å². The summed E-state index contributed by atoms with van der Waals surface area (Å²) >= 11 is 0. The van der Waals surface area contributed by atoms with Crippen LogP contribution in [0.15, 0.2) is 47.3 Å². The number of amides is 2. The Labute approximate surface area is 252 Å². The molecule has 5 heterocycles. The molecule has 1 spiro atoms. The van der Waals surface area contributed by atoms with Crippen LogP contribution in [0.1, 0.15) is 54.4 Å². The lowest BCUT2D eigenvalue weighted by molar-refractivity contribution is -0.346. The number of ether oxygens (including phenoxy) is 4. The Balaban J connectivity index is 1.36. The van der Waals surface area contributed by atoms with Gasteiger partial charge in [0, 0.05) is 18.9 Å². The third-order valence-corrected chi connectivity index (χ3v) is 9.67. The summed E-state index contributed by atoms with van der Waals surface area (Å²) in [5.41, 5.74) is -0.127. The molecule has 0 unspecified atom stereocenters. The molecule has 0 saturated carbocycles. The normalized spacial score (nSPS) is 42.0. The number of nitrogens with one attached hydrogen (secondary N) is 1. The number of hydrogen-bond donors (Lipinski definition) is 3. The van der Waals surface area contributed by atoms with E-state index in [0.717, 1.165) is 5.57 Å². The third kappa shape index (κ3) is 5.50. The second kappa shape index (κ2) is 11.6. The summed E-state index contributed by atoms with van der Waals surface area (Å²) in [6, 6.07) is -1.15. The summed E-state index contributed by atoms with van der Waals surface area (Å²) in [7, 11) is 1.46. The van der Waals surface area contributed by atoms with Crippen LogP contribution in [0.2, 0.25) is 0 Å². The number of hydrogen-bond acceptors (Lipinski definition) is 9. The van der Waals surface area contributed by atoms with Crippen molar-refractivity contribution in [1.82, 2.24) is 10.2 Å². The molecule has 2 bridgehead atoms. The van der Waals surface area contributed by atoms with Gasteiger partial charge in [-0.15, -0.1) is 0 Å². The predicted molar refractivity (Wildman–Crippen MR) is 155 cm³/mol. The maximum absolute atomic E-state index is 13.6. The zero-order valence-electron chi connectivity index (χ0n) is 25.9. The van der Waals surface area contributed by atoms with Gasteiger partial charge in [0.2, 0.25) is 11.7 Å². The molecule has 5 rings (SSSR count). The second-order valence-electron chi connectivity index (χ2n) is 12.7. The van der Waals surface area contributed by atoms with Crippen LogP contribution in [0.5, 0.6) is 0 Å². The molecule has 2 amide bonds. The fourth-order valence-electron chi connectivity index (χ4n) is 6.82. The number of likely N-dealkylation sites (tertiary alicyclic amines) is 1. The zero-order valence-corrected chi connectivity index (χ0v) is 25.9. The zero-order chi connectivity index (χ0) is 31.4. The van der Waals surface area contributed by atoms with Gasteiger partial charge in [0.05, 0.1) is 36.9 Å². The molecule has 3 N–H and O–H groups in total. The Bertz CT molecular complexity index is 1280. The van der Waals surface area contributed by atoms with Crippen LogP contribution in [0.25, 0.3) is 0 Å². The van der Waals surface area contributed by atoms with Crippen molar-refractivity contribution in [3.05, 3.63) is 47.3 Å². The van der Waals surface area contributed by atoms with Crippen molar-refractivity contribution in [3.8, 4) is 0 Å². The summed E-state index contributed by atoms with van der Waals surface area (Å²) < 4.78 is 24.3. The highest BCUT2D eigenvalue weighted by Gasteiger charge is 2.66. The number of aliphatic hydroxyl groups is 2. The van der Waals surface area contributed by atoms with Gasteiger partial charge in [-0.05, 0) is 45.8 Å². The van der Waals surface area contributed by atoms with Gasteiger partial charge in [0.15, 0.2) is 11.4 Å². The summed E-state index contributed by atoms with van der Waals surface area (Å²) in [6.07, 6.45) is 7.46. The van der Waals surface area contributed by atoms with Crippen molar-refractivity contribution in [2.45, 2.75) is 102 Å². The number of rotatable bonds is 7. The first kappa shape index (κ1) is 31.6. The van der Waals surface area contributed by atoms with E-state index in [2.05, 4.69) is 31.3 Å². The van der Waals surface area contributed by atoms with E-state index < -0.39 is 65.1 Å². The molecule has 0 aliphatic carbocycles. The molecule has 43 heavy (non-hydrogen) atoms. The number of carbonyl (C=O) groups excluding carboxylic acids is 3. The van der Waals surface area contributed by atoms with Gasteiger partial charge >= 0.3 is 0 Å². The smallest absolute Gasteiger partial charge is 0.264 e. The number of aliphatic hydroxyl groups excluding tert-OH is 2. The minimum absolute atomic E-state index is 0.0220. The van der Waals surface area contributed by atoms with Crippen molar-refractivity contribution in [2.75, 3.05) is 13.7 Å². The summed E-state index contributed by atoms with van der Waals surface area (Å²) in [4.78, 5) is 41.1. The summed E-state index contributed by atoms with van der Waals surface area (Å²) in [6.45, 7) is 11.7. The number of nitrogens with zero attached hydrogens (tertiary/aromatic N) is 1. The molecule has 5 aliphatic rings. The Morgan fingerprint density at radius 3 is 2.51 bits per heavy atom. The molecule has 0 aromatic carbocycles. The largest absolute Gasteiger partial charge is 0.507 e. The van der Waals surface area contributed by atoms with Gasteiger partial charge in [0.25, 0.3) is 5.91 Å². The lowest BCUT2D eigenvalue weighted by Gasteiger charge is -2.51. The Morgan fingerprint density at radius 2 is 1.88 bits per heavy atom. The SMILES string of the molecule is CNC(=O)[C@H](C)[C@H]1C(=O)/C(=C(O)/C=C\C(C)=C/[C@H](C)[C@H]2O[C@]3(C)O[C@@H](C=C[C@@]34CO4)[C@H]2C)C(=O)N1[C@@H]1CC[C@H](O)[C@H](C)O1. The molecule has 4 fully saturated rings. The van der Waals surface area contributed by atoms with Crippen LogP contribution in [0.3, 0.4) is 0 Å². The molecule has 0 radical (unpaired) electrons. The molecular formula is C32H44N2O9. The third-order valence-electron chi connectivity index (χ3n) is 9.67. The maximum atomic E-state index is 13.6. The molecule has 236 valence electrons. The molecule has 11 nitrogen and oxygen atoms in total. The highest BCUT2D eigenvalue weighted by Crippen LogP contribution is 2.52. The number of epoxide rings is 1. The van der Waals surface area contributed by atoms with Gasteiger partial charge in [-0.2, -0.15) is 0 Å². The van der Waals surface area contributed by atoms with Crippen LogP contribution in [0, 0.1) is 17.8 Å². The van der Waals surface area contributed by atoms with Crippen molar-refractivity contribution < 1.29 is 43.5 Å². The minimum atomic E-state index is -1.15. The van der Waals surface area contributed by atoms with Crippen molar-refractivity contribution in [3.63, 3.8) is 0 Å². The monoisotopic (exact) mass is 600 g/mol. The van der Waals surface area contributed by atoms with E-state index in [9.17, 15) is 24.6 Å². The van der Waals surface area contributed by atoms with E-state index in [-0.39, 0.29) is 29.6 Å². The molecule has 5 aliphatic heterocycles. The number of carbonyl (C=O) groups is 3. The quantitative estimate of drug-likeness (QED) is 0.100. The van der Waals surface area contributed by atoms with Gasteiger partial charge in [-0.1, -0.05) is 44.6 Å².